The molecule has 0 radical (unpaired) electrons. The quantitative estimate of drug-likeness (QED) is 0.724. The molecule has 0 aromatic carbocycles. The molecule has 1 rings (SSSR count). The largest absolute Gasteiger partial charge is 0.357 e. The normalized spacial score (nSPS) is 10.1. The molecular weight excluding hydrogens is 164 g/mol. The summed E-state index contributed by atoms with van der Waals surface area (Å²) in [5.41, 5.74) is 2.02. The van der Waals surface area contributed by atoms with Gasteiger partial charge >= 0.3 is 0 Å². The number of aromatic nitrogens is 2. The monoisotopic (exact) mass is 180 g/mol. The highest BCUT2D eigenvalue weighted by molar-refractivity contribution is 5.26. The van der Waals surface area contributed by atoms with Crippen molar-refractivity contribution in [1.82, 2.24) is 15.3 Å². The van der Waals surface area contributed by atoms with Crippen LogP contribution in [0.1, 0.15) is 18.3 Å². The second-order valence-electron chi connectivity index (χ2n) is 2.85. The van der Waals surface area contributed by atoms with Crippen LogP contribution >= 0.6 is 0 Å². The lowest BCUT2D eigenvalue weighted by atomic mass is 10.3. The Kier molecular flexibility index (Phi) is 3.64. The molecule has 13 heavy (non-hydrogen) atoms. The number of anilines is 1. The highest BCUT2D eigenvalue weighted by atomic mass is 15.1. The van der Waals surface area contributed by atoms with Crippen LogP contribution in [0.25, 0.3) is 0 Å². The fourth-order valence-electron chi connectivity index (χ4n) is 1.09. The molecule has 1 aromatic heterocycles. The van der Waals surface area contributed by atoms with Gasteiger partial charge in [-0.2, -0.15) is 0 Å². The standard InChI is InChI=1S/C9H16N4/c1-4-11-6-8-5-7(2)12-9(10-3)13-8/h5,11H,4,6H2,1-3H3,(H,10,12,13). The van der Waals surface area contributed by atoms with E-state index in [1.165, 1.54) is 0 Å². The maximum atomic E-state index is 4.30. The van der Waals surface area contributed by atoms with Crippen LogP contribution in [0.4, 0.5) is 5.95 Å². The van der Waals surface area contributed by atoms with Crippen molar-refractivity contribution >= 4 is 5.95 Å². The predicted molar refractivity (Wildman–Crippen MR) is 53.7 cm³/mol. The molecular formula is C9H16N4. The first-order valence-electron chi connectivity index (χ1n) is 4.49. The fourth-order valence-corrected chi connectivity index (χ4v) is 1.09. The van der Waals surface area contributed by atoms with E-state index in [9.17, 15) is 0 Å². The highest BCUT2D eigenvalue weighted by Crippen LogP contribution is 2.03. The lowest BCUT2D eigenvalue weighted by Gasteiger charge is -2.05. The van der Waals surface area contributed by atoms with Gasteiger partial charge in [-0.15, -0.1) is 0 Å². The molecule has 2 N–H and O–H groups in total. The first-order valence-corrected chi connectivity index (χ1v) is 4.49. The van der Waals surface area contributed by atoms with Crippen LogP contribution in [0, 0.1) is 6.92 Å². The van der Waals surface area contributed by atoms with Gasteiger partial charge in [0.25, 0.3) is 0 Å². The van der Waals surface area contributed by atoms with E-state index in [0.29, 0.717) is 5.95 Å². The third-order valence-corrected chi connectivity index (χ3v) is 1.69. The molecule has 0 bridgehead atoms. The summed E-state index contributed by atoms with van der Waals surface area (Å²) in [4.78, 5) is 8.52. The van der Waals surface area contributed by atoms with Gasteiger partial charge in [-0.05, 0) is 19.5 Å². The molecule has 0 spiro atoms. The average Bonchev–Trinajstić information content (AvgIpc) is 2.14. The zero-order valence-electron chi connectivity index (χ0n) is 8.39. The summed E-state index contributed by atoms with van der Waals surface area (Å²) in [6.45, 7) is 5.80. The maximum absolute atomic E-state index is 4.30. The van der Waals surface area contributed by atoms with Gasteiger partial charge in [-0.3, -0.25) is 0 Å². The molecule has 72 valence electrons. The van der Waals surface area contributed by atoms with E-state index in [0.717, 1.165) is 24.5 Å². The summed E-state index contributed by atoms with van der Waals surface area (Å²) in [5, 5.41) is 6.16. The zero-order chi connectivity index (χ0) is 9.68. The van der Waals surface area contributed by atoms with E-state index in [4.69, 9.17) is 0 Å². The van der Waals surface area contributed by atoms with Crippen molar-refractivity contribution in [2.75, 3.05) is 18.9 Å². The van der Waals surface area contributed by atoms with Crippen LogP contribution in [-0.4, -0.2) is 23.6 Å². The van der Waals surface area contributed by atoms with E-state index in [2.05, 4.69) is 27.5 Å². The molecule has 0 unspecified atom stereocenters. The van der Waals surface area contributed by atoms with Gasteiger partial charge in [-0.25, -0.2) is 9.97 Å². The number of hydrogen-bond acceptors (Lipinski definition) is 4. The summed E-state index contributed by atoms with van der Waals surface area (Å²) in [6.07, 6.45) is 0. The molecule has 0 fully saturated rings. The Labute approximate surface area is 78.8 Å². The van der Waals surface area contributed by atoms with Crippen LogP contribution in [0.5, 0.6) is 0 Å². The SMILES string of the molecule is CCNCc1cc(C)nc(NC)n1. The first kappa shape index (κ1) is 9.92. The van der Waals surface area contributed by atoms with E-state index >= 15 is 0 Å². The summed E-state index contributed by atoms with van der Waals surface area (Å²) in [6, 6.07) is 1.99. The second kappa shape index (κ2) is 4.77. The van der Waals surface area contributed by atoms with Crippen molar-refractivity contribution in [1.29, 1.82) is 0 Å². The van der Waals surface area contributed by atoms with Crippen LogP contribution in [-0.2, 0) is 6.54 Å². The van der Waals surface area contributed by atoms with Gasteiger partial charge in [0.2, 0.25) is 5.95 Å². The summed E-state index contributed by atoms with van der Waals surface area (Å²) in [7, 11) is 1.83. The zero-order valence-corrected chi connectivity index (χ0v) is 8.39. The molecule has 0 atom stereocenters. The topological polar surface area (TPSA) is 49.8 Å². The number of aryl methyl sites for hydroxylation is 1. The minimum absolute atomic E-state index is 0.688. The molecule has 1 aromatic rings. The Bertz CT molecular complexity index is 272. The average molecular weight is 180 g/mol. The fraction of sp³-hybridized carbons (Fsp3) is 0.556. The Morgan fingerprint density at radius 1 is 1.38 bits per heavy atom. The molecule has 0 aliphatic rings. The number of hydrogen-bond donors (Lipinski definition) is 2. The summed E-state index contributed by atoms with van der Waals surface area (Å²) in [5.74, 6) is 0.688. The first-order chi connectivity index (χ1) is 6.26. The van der Waals surface area contributed by atoms with Crippen molar-refractivity contribution in [3.63, 3.8) is 0 Å². The Morgan fingerprint density at radius 2 is 2.15 bits per heavy atom. The highest BCUT2D eigenvalue weighted by Gasteiger charge is 1.99. The molecule has 0 aliphatic carbocycles. The number of nitrogens with zero attached hydrogens (tertiary/aromatic N) is 2. The van der Waals surface area contributed by atoms with Crippen LogP contribution in [0.2, 0.25) is 0 Å². The van der Waals surface area contributed by atoms with Gasteiger partial charge in [-0.1, -0.05) is 6.92 Å². The van der Waals surface area contributed by atoms with Crippen molar-refractivity contribution in [2.24, 2.45) is 0 Å². The van der Waals surface area contributed by atoms with E-state index in [1.54, 1.807) is 0 Å². The van der Waals surface area contributed by atoms with Crippen LogP contribution < -0.4 is 10.6 Å². The number of nitrogens with one attached hydrogen (secondary N) is 2. The van der Waals surface area contributed by atoms with E-state index in [1.807, 2.05) is 20.0 Å². The van der Waals surface area contributed by atoms with Gasteiger partial charge in [0, 0.05) is 19.3 Å². The van der Waals surface area contributed by atoms with Gasteiger partial charge in [0.15, 0.2) is 0 Å². The Morgan fingerprint density at radius 3 is 2.77 bits per heavy atom. The van der Waals surface area contributed by atoms with Crippen LogP contribution in [0.15, 0.2) is 6.07 Å². The molecule has 0 saturated carbocycles. The molecule has 0 aliphatic heterocycles. The summed E-state index contributed by atoms with van der Waals surface area (Å²) < 4.78 is 0. The van der Waals surface area contributed by atoms with Crippen molar-refractivity contribution in [3.8, 4) is 0 Å². The minimum atomic E-state index is 0.688. The van der Waals surface area contributed by atoms with Gasteiger partial charge in [0.05, 0.1) is 5.69 Å². The third-order valence-electron chi connectivity index (χ3n) is 1.69. The molecule has 4 heteroatoms. The smallest absolute Gasteiger partial charge is 0.222 e. The van der Waals surface area contributed by atoms with Crippen molar-refractivity contribution in [2.45, 2.75) is 20.4 Å². The lowest BCUT2D eigenvalue weighted by Crippen LogP contribution is -2.14. The Hall–Kier alpha value is -1.16. The van der Waals surface area contributed by atoms with Gasteiger partial charge < -0.3 is 10.6 Å². The van der Waals surface area contributed by atoms with Gasteiger partial charge in [0.1, 0.15) is 0 Å². The second-order valence-corrected chi connectivity index (χ2v) is 2.85. The lowest BCUT2D eigenvalue weighted by molar-refractivity contribution is 0.708. The Balaban J connectivity index is 2.76. The van der Waals surface area contributed by atoms with Crippen LogP contribution in [0.3, 0.4) is 0 Å². The summed E-state index contributed by atoms with van der Waals surface area (Å²) >= 11 is 0. The van der Waals surface area contributed by atoms with E-state index < -0.39 is 0 Å². The molecule has 0 amide bonds. The van der Waals surface area contributed by atoms with Crippen molar-refractivity contribution < 1.29 is 0 Å². The van der Waals surface area contributed by atoms with E-state index in [-0.39, 0.29) is 0 Å². The third kappa shape index (κ3) is 2.99. The predicted octanol–water partition coefficient (Wildman–Crippen LogP) is 0.936. The molecule has 1 heterocycles. The van der Waals surface area contributed by atoms with Crippen molar-refractivity contribution in [3.05, 3.63) is 17.5 Å². The molecule has 0 saturated heterocycles. The maximum Gasteiger partial charge on any atom is 0.222 e. The minimum Gasteiger partial charge on any atom is -0.357 e. The number of rotatable bonds is 4. The molecule has 4 nitrogen and oxygen atoms in total.